The van der Waals surface area contributed by atoms with Gasteiger partial charge in [-0.05, 0) is 36.1 Å². The molecule has 3 heterocycles. The number of ether oxygens (including phenoxy) is 1. The van der Waals surface area contributed by atoms with Crippen molar-refractivity contribution in [2.75, 3.05) is 44.7 Å². The monoisotopic (exact) mass is 416 g/mol. The van der Waals surface area contributed by atoms with Crippen molar-refractivity contribution >= 4 is 15.8 Å². The molecule has 2 fully saturated rings. The predicted molar refractivity (Wildman–Crippen MR) is 112 cm³/mol. The number of morpholine rings is 1. The Hall–Kier alpha value is -2.00. The van der Waals surface area contributed by atoms with Gasteiger partial charge in [0.15, 0.2) is 0 Å². The zero-order chi connectivity index (χ0) is 20.1. The van der Waals surface area contributed by atoms with Crippen molar-refractivity contribution < 1.29 is 13.2 Å². The molecule has 8 heteroatoms. The minimum atomic E-state index is -3.41. The van der Waals surface area contributed by atoms with E-state index < -0.39 is 10.0 Å². The number of anilines is 1. The summed E-state index contributed by atoms with van der Waals surface area (Å²) in [6.07, 6.45) is 3.30. The van der Waals surface area contributed by atoms with Crippen molar-refractivity contribution in [3.05, 3.63) is 53.7 Å². The van der Waals surface area contributed by atoms with E-state index in [4.69, 9.17) is 4.74 Å². The maximum absolute atomic E-state index is 12.6. The maximum atomic E-state index is 12.6. The third-order valence-corrected chi connectivity index (χ3v) is 7.30. The first-order chi connectivity index (χ1) is 14.1. The number of nitrogens with zero attached hydrogens (tertiary/aromatic N) is 3. The summed E-state index contributed by atoms with van der Waals surface area (Å²) in [6, 6.07) is 11.9. The zero-order valence-electron chi connectivity index (χ0n) is 16.6. The Bertz CT molecular complexity index is 906. The topological polar surface area (TPSA) is 74.8 Å². The number of hydrogen-bond acceptors (Lipinski definition) is 6. The van der Waals surface area contributed by atoms with Crippen molar-refractivity contribution in [1.82, 2.24) is 14.2 Å². The molecule has 2 saturated heterocycles. The molecule has 1 N–H and O–H groups in total. The van der Waals surface area contributed by atoms with Gasteiger partial charge in [0.05, 0.1) is 13.2 Å². The molecule has 1 aromatic heterocycles. The quantitative estimate of drug-likeness (QED) is 0.747. The highest BCUT2D eigenvalue weighted by molar-refractivity contribution is 7.89. The van der Waals surface area contributed by atoms with E-state index >= 15 is 0 Å². The lowest BCUT2D eigenvalue weighted by molar-refractivity contribution is 0.0342. The zero-order valence-corrected chi connectivity index (χ0v) is 17.4. The SMILES string of the molecule is O=S(=O)(c1ccc(NCc2cccc(CN3CCOCC3)c2)nc1)N1CCCC1. The van der Waals surface area contributed by atoms with Crippen LogP contribution in [0, 0.1) is 0 Å². The third kappa shape index (κ3) is 5.14. The molecule has 2 aromatic rings. The fourth-order valence-electron chi connectivity index (χ4n) is 3.76. The van der Waals surface area contributed by atoms with Gasteiger partial charge in [-0.25, -0.2) is 13.4 Å². The van der Waals surface area contributed by atoms with Gasteiger partial charge in [-0.3, -0.25) is 4.90 Å². The van der Waals surface area contributed by atoms with Crippen LogP contribution in [0.5, 0.6) is 0 Å². The van der Waals surface area contributed by atoms with Crippen molar-refractivity contribution in [2.45, 2.75) is 30.8 Å². The first-order valence-electron chi connectivity index (χ1n) is 10.2. The molecule has 156 valence electrons. The molecule has 2 aliphatic heterocycles. The number of nitrogens with one attached hydrogen (secondary N) is 1. The van der Waals surface area contributed by atoms with Crippen LogP contribution in [0.1, 0.15) is 24.0 Å². The number of rotatable bonds is 7. The normalized spacial score (nSPS) is 18.8. The molecule has 0 bridgehead atoms. The van der Waals surface area contributed by atoms with E-state index in [1.165, 1.54) is 21.6 Å². The summed E-state index contributed by atoms with van der Waals surface area (Å²) in [5, 5.41) is 3.29. The van der Waals surface area contributed by atoms with E-state index in [0.29, 0.717) is 25.5 Å². The second kappa shape index (κ2) is 9.21. The summed E-state index contributed by atoms with van der Waals surface area (Å²) < 4.78 is 32.1. The molecule has 0 unspecified atom stereocenters. The van der Waals surface area contributed by atoms with Gasteiger partial charge >= 0.3 is 0 Å². The van der Waals surface area contributed by atoms with E-state index in [2.05, 4.69) is 39.5 Å². The number of sulfonamides is 1. The summed E-state index contributed by atoms with van der Waals surface area (Å²) in [6.45, 7) is 6.32. The molecule has 0 spiro atoms. The van der Waals surface area contributed by atoms with Gasteiger partial charge in [-0.15, -0.1) is 0 Å². The van der Waals surface area contributed by atoms with Crippen LogP contribution in [-0.4, -0.2) is 62.0 Å². The van der Waals surface area contributed by atoms with Crippen LogP contribution >= 0.6 is 0 Å². The number of hydrogen-bond donors (Lipinski definition) is 1. The molecule has 0 amide bonds. The third-order valence-electron chi connectivity index (χ3n) is 5.41. The Morgan fingerprint density at radius 2 is 1.76 bits per heavy atom. The summed E-state index contributed by atoms with van der Waals surface area (Å²) in [5.41, 5.74) is 2.46. The lowest BCUT2D eigenvalue weighted by Gasteiger charge is -2.26. The van der Waals surface area contributed by atoms with Gasteiger partial charge in [0, 0.05) is 45.5 Å². The smallest absolute Gasteiger partial charge is 0.244 e. The molecule has 0 radical (unpaired) electrons. The Morgan fingerprint density at radius 3 is 2.48 bits per heavy atom. The van der Waals surface area contributed by atoms with Crippen LogP contribution in [0.15, 0.2) is 47.5 Å². The van der Waals surface area contributed by atoms with Crippen molar-refractivity contribution in [2.24, 2.45) is 0 Å². The Morgan fingerprint density at radius 1 is 1.00 bits per heavy atom. The van der Waals surface area contributed by atoms with Crippen LogP contribution in [0.25, 0.3) is 0 Å². The first-order valence-corrected chi connectivity index (χ1v) is 11.6. The minimum Gasteiger partial charge on any atom is -0.379 e. The van der Waals surface area contributed by atoms with E-state index in [1.54, 1.807) is 12.1 Å². The Kier molecular flexibility index (Phi) is 6.44. The van der Waals surface area contributed by atoms with Gasteiger partial charge < -0.3 is 10.1 Å². The second-order valence-corrected chi connectivity index (χ2v) is 9.49. The largest absolute Gasteiger partial charge is 0.379 e. The summed E-state index contributed by atoms with van der Waals surface area (Å²) in [7, 11) is -3.41. The number of aromatic nitrogens is 1. The molecule has 0 saturated carbocycles. The van der Waals surface area contributed by atoms with Crippen molar-refractivity contribution in [1.29, 1.82) is 0 Å². The summed E-state index contributed by atoms with van der Waals surface area (Å²) in [5.74, 6) is 0.670. The first kappa shape index (κ1) is 20.3. The van der Waals surface area contributed by atoms with Gasteiger partial charge in [0.2, 0.25) is 10.0 Å². The van der Waals surface area contributed by atoms with Gasteiger partial charge in [0.25, 0.3) is 0 Å². The van der Waals surface area contributed by atoms with Gasteiger partial charge in [0.1, 0.15) is 10.7 Å². The Balaban J connectivity index is 1.35. The summed E-state index contributed by atoms with van der Waals surface area (Å²) in [4.78, 5) is 6.97. The predicted octanol–water partition coefficient (Wildman–Crippen LogP) is 2.31. The molecule has 0 aliphatic carbocycles. The van der Waals surface area contributed by atoms with E-state index in [0.717, 1.165) is 45.7 Å². The van der Waals surface area contributed by atoms with E-state index in [1.807, 2.05) is 0 Å². The highest BCUT2D eigenvalue weighted by Crippen LogP contribution is 2.21. The summed E-state index contributed by atoms with van der Waals surface area (Å²) >= 11 is 0. The van der Waals surface area contributed by atoms with Crippen LogP contribution in [0.2, 0.25) is 0 Å². The van der Waals surface area contributed by atoms with Crippen LogP contribution in [0.4, 0.5) is 5.82 Å². The van der Waals surface area contributed by atoms with E-state index in [9.17, 15) is 8.42 Å². The van der Waals surface area contributed by atoms with E-state index in [-0.39, 0.29) is 4.90 Å². The molecule has 2 aliphatic rings. The second-order valence-electron chi connectivity index (χ2n) is 7.55. The maximum Gasteiger partial charge on any atom is 0.244 e. The lowest BCUT2D eigenvalue weighted by atomic mass is 10.1. The van der Waals surface area contributed by atoms with Crippen molar-refractivity contribution in [3.8, 4) is 0 Å². The molecular weight excluding hydrogens is 388 g/mol. The highest BCUT2D eigenvalue weighted by atomic mass is 32.2. The number of pyridine rings is 1. The molecular formula is C21H28N4O3S. The average Bonchev–Trinajstić information content (AvgIpc) is 3.30. The minimum absolute atomic E-state index is 0.262. The standard InChI is InChI=1S/C21H28N4O3S/c26-29(27,25-8-1-2-9-25)20-6-7-21(23-16-20)22-15-18-4-3-5-19(14-18)17-24-10-12-28-13-11-24/h3-7,14,16H,1-2,8-13,15,17H2,(H,22,23). The average molecular weight is 417 g/mol. The van der Waals surface area contributed by atoms with Crippen LogP contribution < -0.4 is 5.32 Å². The molecule has 29 heavy (non-hydrogen) atoms. The van der Waals surface area contributed by atoms with Gasteiger partial charge in [-0.2, -0.15) is 4.31 Å². The number of benzene rings is 1. The lowest BCUT2D eigenvalue weighted by Crippen LogP contribution is -2.35. The van der Waals surface area contributed by atoms with Crippen LogP contribution in [-0.2, 0) is 27.8 Å². The highest BCUT2D eigenvalue weighted by Gasteiger charge is 2.27. The fraction of sp³-hybridized carbons (Fsp3) is 0.476. The molecule has 1 aromatic carbocycles. The van der Waals surface area contributed by atoms with Crippen LogP contribution in [0.3, 0.4) is 0 Å². The Labute approximate surface area is 172 Å². The molecule has 7 nitrogen and oxygen atoms in total. The van der Waals surface area contributed by atoms with Gasteiger partial charge in [-0.1, -0.05) is 24.3 Å². The molecule has 0 atom stereocenters. The fourth-order valence-corrected chi connectivity index (χ4v) is 5.23. The van der Waals surface area contributed by atoms with Crippen molar-refractivity contribution in [3.63, 3.8) is 0 Å². The molecule has 4 rings (SSSR count).